The predicted molar refractivity (Wildman–Crippen MR) is 76.1 cm³/mol. The van der Waals surface area contributed by atoms with Crippen molar-refractivity contribution in [3.05, 3.63) is 0 Å². The summed E-state index contributed by atoms with van der Waals surface area (Å²) in [4.78, 5) is 16.4. The number of alkyl halides is 1. The molecule has 1 rings (SSSR count). The maximum absolute atomic E-state index is 11.6. The van der Waals surface area contributed by atoms with Crippen molar-refractivity contribution in [2.75, 3.05) is 45.7 Å². The smallest absolute Gasteiger partial charge is 0.220 e. The van der Waals surface area contributed by atoms with E-state index in [4.69, 9.17) is 11.6 Å². The molecule has 1 fully saturated rings. The van der Waals surface area contributed by atoms with E-state index in [1.54, 1.807) is 0 Å². The van der Waals surface area contributed by atoms with Crippen LogP contribution >= 0.6 is 11.6 Å². The van der Waals surface area contributed by atoms with Crippen molar-refractivity contribution in [3.8, 4) is 0 Å². The number of nitrogens with zero attached hydrogens (tertiary/aromatic N) is 2. The topological polar surface area (TPSA) is 35.6 Å². The van der Waals surface area contributed by atoms with Crippen LogP contribution in [0.3, 0.4) is 0 Å². The second-order valence-electron chi connectivity index (χ2n) is 5.67. The normalized spacial score (nSPS) is 18.9. The number of rotatable bonds is 6. The molecule has 1 saturated heterocycles. The van der Waals surface area contributed by atoms with Gasteiger partial charge >= 0.3 is 0 Å². The average molecular weight is 276 g/mol. The molecule has 0 aromatic heterocycles. The lowest BCUT2D eigenvalue weighted by Crippen LogP contribution is -2.57. The second-order valence-corrected chi connectivity index (χ2v) is 6.05. The third kappa shape index (κ3) is 5.12. The van der Waals surface area contributed by atoms with Gasteiger partial charge in [0.05, 0.1) is 0 Å². The fourth-order valence-corrected chi connectivity index (χ4v) is 2.29. The van der Waals surface area contributed by atoms with Gasteiger partial charge in [0.15, 0.2) is 0 Å². The number of likely N-dealkylation sites (N-methyl/N-ethyl adjacent to an activating group) is 1. The quantitative estimate of drug-likeness (QED) is 0.739. The molecule has 0 aromatic carbocycles. The third-order valence-electron chi connectivity index (χ3n) is 3.61. The molecule has 1 N–H and O–H groups in total. The summed E-state index contributed by atoms with van der Waals surface area (Å²) in [5.41, 5.74) is 0.0257. The lowest BCUT2D eigenvalue weighted by molar-refractivity contribution is -0.121. The minimum Gasteiger partial charge on any atom is -0.354 e. The predicted octanol–water partition coefficient (Wildman–Crippen LogP) is 1.15. The number of hydrogen-bond donors (Lipinski definition) is 1. The molecule has 4 nitrogen and oxygen atoms in total. The highest BCUT2D eigenvalue weighted by Gasteiger charge is 2.29. The minimum atomic E-state index is 0.0257. The molecule has 0 radical (unpaired) electrons. The SMILES string of the molecule is CN1CCN(C(C)(C)CNC(=O)CCCCl)CC1. The van der Waals surface area contributed by atoms with Crippen LogP contribution < -0.4 is 5.32 Å². The number of hydrogen-bond acceptors (Lipinski definition) is 3. The fourth-order valence-electron chi connectivity index (χ4n) is 2.15. The van der Waals surface area contributed by atoms with Crippen LogP contribution in [0.2, 0.25) is 0 Å². The van der Waals surface area contributed by atoms with E-state index in [9.17, 15) is 4.79 Å². The van der Waals surface area contributed by atoms with Gasteiger partial charge in [-0.3, -0.25) is 9.69 Å². The number of piperazine rings is 1. The van der Waals surface area contributed by atoms with E-state index in [1.165, 1.54) is 0 Å². The zero-order valence-electron chi connectivity index (χ0n) is 11.8. The zero-order valence-corrected chi connectivity index (χ0v) is 12.6. The molecule has 0 atom stereocenters. The molecule has 5 heteroatoms. The van der Waals surface area contributed by atoms with Crippen molar-refractivity contribution in [2.24, 2.45) is 0 Å². The van der Waals surface area contributed by atoms with Crippen LogP contribution in [0, 0.1) is 0 Å². The lowest BCUT2D eigenvalue weighted by Gasteiger charge is -2.43. The summed E-state index contributed by atoms with van der Waals surface area (Å²) >= 11 is 5.58. The maximum atomic E-state index is 11.6. The standard InChI is InChI=1S/C13H26ClN3O/c1-13(2,11-15-12(18)5-4-6-14)17-9-7-16(3)8-10-17/h4-11H2,1-3H3,(H,15,18). The van der Waals surface area contributed by atoms with Gasteiger partial charge in [0.1, 0.15) is 0 Å². The number of amides is 1. The Bertz CT molecular complexity index is 263. The first-order valence-corrected chi connectivity index (χ1v) is 7.25. The monoisotopic (exact) mass is 275 g/mol. The van der Waals surface area contributed by atoms with Crippen LogP contribution in [0.15, 0.2) is 0 Å². The van der Waals surface area contributed by atoms with Crippen LogP contribution in [-0.4, -0.2) is 66.9 Å². The Kier molecular flexibility index (Phi) is 6.39. The molecule has 0 spiro atoms. The van der Waals surface area contributed by atoms with E-state index in [-0.39, 0.29) is 11.4 Å². The van der Waals surface area contributed by atoms with E-state index < -0.39 is 0 Å². The summed E-state index contributed by atoms with van der Waals surface area (Å²) in [5, 5.41) is 3.01. The van der Waals surface area contributed by atoms with Crippen molar-refractivity contribution in [3.63, 3.8) is 0 Å². The van der Waals surface area contributed by atoms with Crippen molar-refractivity contribution in [2.45, 2.75) is 32.2 Å². The van der Waals surface area contributed by atoms with Gasteiger partial charge in [-0.05, 0) is 27.3 Å². The van der Waals surface area contributed by atoms with Gasteiger partial charge in [-0.25, -0.2) is 0 Å². The summed E-state index contributed by atoms with van der Waals surface area (Å²) in [7, 11) is 2.15. The van der Waals surface area contributed by atoms with Crippen molar-refractivity contribution < 1.29 is 4.79 Å². The minimum absolute atomic E-state index is 0.0257. The van der Waals surface area contributed by atoms with Crippen LogP contribution in [0.1, 0.15) is 26.7 Å². The molecular formula is C13H26ClN3O. The number of carbonyl (C=O) groups is 1. The van der Waals surface area contributed by atoms with Gasteiger partial charge in [0.25, 0.3) is 0 Å². The molecule has 0 unspecified atom stereocenters. The Morgan fingerprint density at radius 3 is 2.44 bits per heavy atom. The summed E-state index contributed by atoms with van der Waals surface area (Å²) in [6.07, 6.45) is 1.28. The highest BCUT2D eigenvalue weighted by atomic mass is 35.5. The third-order valence-corrected chi connectivity index (χ3v) is 3.88. The molecule has 1 aliphatic rings. The summed E-state index contributed by atoms with van der Waals surface area (Å²) in [6, 6.07) is 0. The molecule has 0 aromatic rings. The first kappa shape index (κ1) is 15.7. The van der Waals surface area contributed by atoms with Crippen LogP contribution in [0.4, 0.5) is 0 Å². The summed E-state index contributed by atoms with van der Waals surface area (Å²) in [5.74, 6) is 0.660. The number of nitrogens with one attached hydrogen (secondary N) is 1. The second kappa shape index (κ2) is 7.31. The van der Waals surface area contributed by atoms with E-state index in [1.807, 2.05) is 0 Å². The number of carbonyl (C=O) groups excluding carboxylic acids is 1. The van der Waals surface area contributed by atoms with Gasteiger partial charge in [0, 0.05) is 50.6 Å². The molecule has 1 amide bonds. The van der Waals surface area contributed by atoms with Crippen molar-refractivity contribution >= 4 is 17.5 Å². The van der Waals surface area contributed by atoms with E-state index >= 15 is 0 Å². The molecule has 106 valence electrons. The lowest BCUT2D eigenvalue weighted by atomic mass is 10.0. The molecular weight excluding hydrogens is 250 g/mol. The van der Waals surface area contributed by atoms with Gasteiger partial charge < -0.3 is 10.2 Å². The van der Waals surface area contributed by atoms with E-state index in [0.717, 1.165) is 32.6 Å². The molecule has 1 aliphatic heterocycles. The average Bonchev–Trinajstić information content (AvgIpc) is 2.34. The number of halogens is 1. The van der Waals surface area contributed by atoms with Crippen molar-refractivity contribution in [1.82, 2.24) is 15.1 Å². The molecule has 0 bridgehead atoms. The Hall–Kier alpha value is -0.320. The van der Waals surface area contributed by atoms with Gasteiger partial charge in [-0.15, -0.1) is 11.6 Å². The Balaban J connectivity index is 2.32. The van der Waals surface area contributed by atoms with Crippen LogP contribution in [-0.2, 0) is 4.79 Å². The van der Waals surface area contributed by atoms with Crippen LogP contribution in [0.5, 0.6) is 0 Å². The Morgan fingerprint density at radius 2 is 1.89 bits per heavy atom. The molecule has 0 aliphatic carbocycles. The highest BCUT2D eigenvalue weighted by molar-refractivity contribution is 6.17. The molecule has 0 saturated carbocycles. The van der Waals surface area contributed by atoms with E-state index in [0.29, 0.717) is 18.8 Å². The Morgan fingerprint density at radius 1 is 1.28 bits per heavy atom. The maximum Gasteiger partial charge on any atom is 0.220 e. The first-order chi connectivity index (χ1) is 8.45. The first-order valence-electron chi connectivity index (χ1n) is 6.72. The van der Waals surface area contributed by atoms with Gasteiger partial charge in [-0.1, -0.05) is 0 Å². The molecule has 18 heavy (non-hydrogen) atoms. The van der Waals surface area contributed by atoms with Crippen LogP contribution in [0.25, 0.3) is 0 Å². The summed E-state index contributed by atoms with van der Waals surface area (Å²) in [6.45, 7) is 9.44. The largest absolute Gasteiger partial charge is 0.354 e. The zero-order chi connectivity index (χ0) is 13.6. The Labute approximate surface area is 116 Å². The highest BCUT2D eigenvalue weighted by Crippen LogP contribution is 2.15. The van der Waals surface area contributed by atoms with E-state index in [2.05, 4.69) is 36.0 Å². The summed E-state index contributed by atoms with van der Waals surface area (Å²) < 4.78 is 0. The van der Waals surface area contributed by atoms with Gasteiger partial charge in [0.2, 0.25) is 5.91 Å². The molecule has 1 heterocycles. The fraction of sp³-hybridized carbons (Fsp3) is 0.923. The van der Waals surface area contributed by atoms with Crippen molar-refractivity contribution in [1.29, 1.82) is 0 Å². The van der Waals surface area contributed by atoms with Gasteiger partial charge in [-0.2, -0.15) is 0 Å².